The van der Waals surface area contributed by atoms with Gasteiger partial charge in [0, 0.05) is 50.0 Å². The highest BCUT2D eigenvalue weighted by Crippen LogP contribution is 2.27. The van der Waals surface area contributed by atoms with E-state index in [0.29, 0.717) is 68.4 Å². The zero-order valence-corrected chi connectivity index (χ0v) is 24.1. The number of carbonyl (C=O) groups is 2. The molecule has 2 aliphatic heterocycles. The Bertz CT molecular complexity index is 1550. The maximum atomic E-state index is 12.7. The minimum atomic E-state index is -0.331. The molecule has 0 spiro atoms. The van der Waals surface area contributed by atoms with Crippen molar-refractivity contribution in [3.63, 3.8) is 0 Å². The van der Waals surface area contributed by atoms with Crippen LogP contribution in [0.25, 0.3) is 22.6 Å². The fourth-order valence-corrected chi connectivity index (χ4v) is 5.25. The molecule has 13 nitrogen and oxygen atoms in total. The molecular weight excluding hydrogens is 550 g/mol. The third-order valence-corrected chi connectivity index (χ3v) is 7.65. The Morgan fingerprint density at radius 3 is 2.44 bits per heavy atom. The van der Waals surface area contributed by atoms with Crippen LogP contribution in [0.4, 0.5) is 21.1 Å². The largest absolute Gasteiger partial charge is 0.445 e. The highest BCUT2D eigenvalue weighted by atomic mass is 16.6. The zero-order valence-electron chi connectivity index (χ0n) is 24.1. The monoisotopic (exact) mass is 585 g/mol. The van der Waals surface area contributed by atoms with E-state index < -0.39 is 0 Å². The number of hydrogen-bond donors (Lipinski definition) is 2. The van der Waals surface area contributed by atoms with Crippen molar-refractivity contribution < 1.29 is 19.1 Å². The molecule has 2 saturated heterocycles. The predicted octanol–water partition coefficient (Wildman–Crippen LogP) is 3.67. The smallest absolute Gasteiger partial charge is 0.410 e. The first-order valence-electron chi connectivity index (χ1n) is 14.6. The lowest BCUT2D eigenvalue weighted by Gasteiger charge is -2.31. The Morgan fingerprint density at radius 2 is 1.72 bits per heavy atom. The third kappa shape index (κ3) is 6.67. The number of fused-ring (bicyclic) bond motifs is 1. The van der Waals surface area contributed by atoms with Crippen molar-refractivity contribution in [1.82, 2.24) is 35.2 Å². The van der Waals surface area contributed by atoms with E-state index in [2.05, 4.69) is 25.8 Å². The van der Waals surface area contributed by atoms with E-state index >= 15 is 0 Å². The van der Waals surface area contributed by atoms with Crippen molar-refractivity contribution in [2.45, 2.75) is 39.0 Å². The molecule has 0 aliphatic carbocycles. The van der Waals surface area contributed by atoms with Crippen LogP contribution in [0.2, 0.25) is 0 Å². The Balaban J connectivity index is 1.04. The Labute approximate surface area is 249 Å². The van der Waals surface area contributed by atoms with E-state index in [-0.39, 0.29) is 24.8 Å². The molecule has 6 rings (SSSR count). The number of hydrogen-bond acceptors (Lipinski definition) is 9. The molecule has 2 fully saturated rings. The number of nitrogens with zero attached hydrogens (tertiary/aromatic N) is 7. The second kappa shape index (κ2) is 13.0. The lowest BCUT2D eigenvalue weighted by molar-refractivity contribution is 0.0860. The number of likely N-dealkylation sites (tertiary alicyclic amines) is 1. The van der Waals surface area contributed by atoms with Crippen molar-refractivity contribution in [2.75, 3.05) is 49.6 Å². The normalized spacial score (nSPS) is 15.8. The summed E-state index contributed by atoms with van der Waals surface area (Å²) < 4.78 is 12.7. The maximum Gasteiger partial charge on any atom is 0.410 e. The van der Waals surface area contributed by atoms with Crippen LogP contribution < -0.4 is 15.5 Å². The van der Waals surface area contributed by atoms with E-state index in [1.54, 1.807) is 9.58 Å². The van der Waals surface area contributed by atoms with E-state index in [9.17, 15) is 9.59 Å². The summed E-state index contributed by atoms with van der Waals surface area (Å²) >= 11 is 0. The van der Waals surface area contributed by atoms with E-state index in [1.807, 2.05) is 61.5 Å². The molecule has 0 atom stereocenters. The molecule has 13 heteroatoms. The summed E-state index contributed by atoms with van der Waals surface area (Å²) in [6.07, 6.45) is 0.977. The third-order valence-electron chi connectivity index (χ3n) is 7.65. The highest BCUT2D eigenvalue weighted by molar-refractivity contribution is 5.90. The molecule has 0 bridgehead atoms. The average Bonchev–Trinajstić information content (AvgIpc) is 3.48. The van der Waals surface area contributed by atoms with Gasteiger partial charge >= 0.3 is 12.1 Å². The summed E-state index contributed by atoms with van der Waals surface area (Å²) in [5.74, 6) is 1.32. The molecule has 2 aromatic heterocycles. The summed E-state index contributed by atoms with van der Waals surface area (Å²) in [4.78, 5) is 38.6. The van der Waals surface area contributed by atoms with E-state index in [1.165, 1.54) is 0 Å². The molecule has 2 aromatic carbocycles. The van der Waals surface area contributed by atoms with Crippen LogP contribution >= 0.6 is 0 Å². The van der Waals surface area contributed by atoms with E-state index in [0.717, 1.165) is 30.0 Å². The van der Waals surface area contributed by atoms with Crippen molar-refractivity contribution >= 4 is 34.8 Å². The van der Waals surface area contributed by atoms with Crippen LogP contribution in [0.1, 0.15) is 25.3 Å². The average molecular weight is 586 g/mol. The van der Waals surface area contributed by atoms with Gasteiger partial charge in [0.25, 0.3) is 0 Å². The summed E-state index contributed by atoms with van der Waals surface area (Å²) in [7, 11) is 0. The second-order valence-electron chi connectivity index (χ2n) is 10.5. The number of nitrogens with one attached hydrogen (secondary N) is 2. The molecule has 43 heavy (non-hydrogen) atoms. The SMILES string of the molecule is CCn1nnc2c(N3CCOCC3)nc(-c3ccc(NC(=O)NC4CCN(C(=O)OCc5ccccc5)CC4)cc3)nc21. The van der Waals surface area contributed by atoms with Crippen molar-refractivity contribution in [2.24, 2.45) is 0 Å². The number of rotatable bonds is 7. The van der Waals surface area contributed by atoms with Crippen LogP contribution in [-0.2, 0) is 22.6 Å². The van der Waals surface area contributed by atoms with Crippen LogP contribution in [-0.4, -0.2) is 87.4 Å². The number of carbonyl (C=O) groups excluding carboxylic acids is 2. The molecule has 2 aliphatic rings. The Kier molecular flexibility index (Phi) is 8.59. The standard InChI is InChI=1S/C30H35N9O4/c1-2-39-28-25(35-36-39)27(37-16-18-42-19-17-37)33-26(34-28)22-8-10-23(11-9-22)31-29(40)32-24-12-14-38(15-13-24)30(41)43-20-21-6-4-3-5-7-21/h3-11,24H,2,12-20H2,1H3,(H2,31,32,40). The van der Waals surface area contributed by atoms with Crippen LogP contribution in [0, 0.1) is 0 Å². The summed E-state index contributed by atoms with van der Waals surface area (Å²) in [5, 5.41) is 14.5. The minimum absolute atomic E-state index is 0.0341. The van der Waals surface area contributed by atoms with Gasteiger partial charge in [-0.1, -0.05) is 35.5 Å². The summed E-state index contributed by atoms with van der Waals surface area (Å²) in [5.41, 5.74) is 3.78. The number of urea groups is 1. The molecule has 3 amide bonds. The molecule has 224 valence electrons. The van der Waals surface area contributed by atoms with E-state index in [4.69, 9.17) is 19.4 Å². The Hall–Kier alpha value is -4.78. The van der Waals surface area contributed by atoms with Crippen LogP contribution in [0.15, 0.2) is 54.6 Å². The number of ether oxygens (including phenoxy) is 2. The van der Waals surface area contributed by atoms with Gasteiger partial charge in [-0.25, -0.2) is 24.2 Å². The Morgan fingerprint density at radius 1 is 0.977 bits per heavy atom. The first-order valence-corrected chi connectivity index (χ1v) is 14.6. The molecule has 0 saturated carbocycles. The minimum Gasteiger partial charge on any atom is -0.445 e. The molecule has 0 unspecified atom stereocenters. The number of amides is 3. The number of anilines is 2. The lowest BCUT2D eigenvalue weighted by Crippen LogP contribution is -2.47. The van der Waals surface area contributed by atoms with Crippen LogP contribution in [0.5, 0.6) is 0 Å². The summed E-state index contributed by atoms with van der Waals surface area (Å²) in [6.45, 7) is 6.64. The van der Waals surface area contributed by atoms with Gasteiger partial charge in [-0.15, -0.1) is 5.10 Å². The topological polar surface area (TPSA) is 140 Å². The quantitative estimate of drug-likeness (QED) is 0.333. The zero-order chi connectivity index (χ0) is 29.6. The number of aryl methyl sites for hydroxylation is 1. The fraction of sp³-hybridized carbons (Fsp3) is 0.400. The molecular formula is C30H35N9O4. The van der Waals surface area contributed by atoms with Gasteiger partial charge in [-0.05, 0) is 49.6 Å². The van der Waals surface area contributed by atoms with Crippen LogP contribution in [0.3, 0.4) is 0 Å². The lowest BCUT2D eigenvalue weighted by atomic mass is 10.1. The predicted molar refractivity (Wildman–Crippen MR) is 161 cm³/mol. The van der Waals surface area contributed by atoms with Crippen molar-refractivity contribution in [3.8, 4) is 11.4 Å². The highest BCUT2D eigenvalue weighted by Gasteiger charge is 2.25. The second-order valence-corrected chi connectivity index (χ2v) is 10.5. The molecule has 4 aromatic rings. The molecule has 4 heterocycles. The first kappa shape index (κ1) is 28.3. The number of morpholine rings is 1. The fourth-order valence-electron chi connectivity index (χ4n) is 5.25. The van der Waals surface area contributed by atoms with Gasteiger partial charge in [0.1, 0.15) is 6.61 Å². The van der Waals surface area contributed by atoms with Gasteiger partial charge in [-0.3, -0.25) is 0 Å². The van der Waals surface area contributed by atoms with Crippen molar-refractivity contribution in [3.05, 3.63) is 60.2 Å². The maximum absolute atomic E-state index is 12.7. The van der Waals surface area contributed by atoms with Gasteiger partial charge < -0.3 is 29.9 Å². The van der Waals surface area contributed by atoms with Gasteiger partial charge in [0.15, 0.2) is 22.8 Å². The summed E-state index contributed by atoms with van der Waals surface area (Å²) in [6, 6.07) is 16.7. The molecule has 2 N–H and O–H groups in total. The molecule has 0 radical (unpaired) electrons. The number of aromatic nitrogens is 5. The number of piperidine rings is 1. The van der Waals surface area contributed by atoms with Gasteiger partial charge in [0.2, 0.25) is 0 Å². The first-order chi connectivity index (χ1) is 21.1. The van der Waals surface area contributed by atoms with Gasteiger partial charge in [-0.2, -0.15) is 0 Å². The number of benzene rings is 2. The van der Waals surface area contributed by atoms with Gasteiger partial charge in [0.05, 0.1) is 13.2 Å². The van der Waals surface area contributed by atoms with Crippen molar-refractivity contribution in [1.29, 1.82) is 0 Å².